The molecule has 0 aliphatic carbocycles. The third-order valence-electron chi connectivity index (χ3n) is 2.00. The summed E-state index contributed by atoms with van der Waals surface area (Å²) in [4.78, 5) is 2.24. The molecule has 0 spiro atoms. The molecule has 0 bridgehead atoms. The zero-order valence-corrected chi connectivity index (χ0v) is 8.30. The van der Waals surface area contributed by atoms with E-state index in [-0.39, 0.29) is 0 Å². The van der Waals surface area contributed by atoms with Gasteiger partial charge in [-0.15, -0.1) is 0 Å². The van der Waals surface area contributed by atoms with E-state index >= 15 is 0 Å². The molecule has 0 unspecified atom stereocenters. The quantitative estimate of drug-likeness (QED) is 0.792. The SMILES string of the molecule is Brc1ccoc1N1CCNCC1. The summed E-state index contributed by atoms with van der Waals surface area (Å²) >= 11 is 3.45. The van der Waals surface area contributed by atoms with E-state index in [4.69, 9.17) is 4.42 Å². The van der Waals surface area contributed by atoms with E-state index < -0.39 is 0 Å². The van der Waals surface area contributed by atoms with Crippen LogP contribution in [-0.4, -0.2) is 26.2 Å². The van der Waals surface area contributed by atoms with Crippen molar-refractivity contribution in [2.24, 2.45) is 0 Å². The monoisotopic (exact) mass is 230 g/mol. The Kier molecular flexibility index (Phi) is 2.37. The fourth-order valence-corrected chi connectivity index (χ4v) is 1.83. The molecule has 2 heterocycles. The van der Waals surface area contributed by atoms with Crippen LogP contribution in [0, 0.1) is 0 Å². The number of anilines is 1. The van der Waals surface area contributed by atoms with E-state index in [9.17, 15) is 0 Å². The Morgan fingerprint density at radius 1 is 1.42 bits per heavy atom. The van der Waals surface area contributed by atoms with Crippen molar-refractivity contribution in [3.63, 3.8) is 0 Å². The second kappa shape index (κ2) is 3.49. The third kappa shape index (κ3) is 1.49. The maximum Gasteiger partial charge on any atom is 0.209 e. The van der Waals surface area contributed by atoms with Crippen LogP contribution in [0.3, 0.4) is 0 Å². The van der Waals surface area contributed by atoms with Gasteiger partial charge in [0.2, 0.25) is 5.88 Å². The molecule has 1 aromatic rings. The molecular weight excluding hydrogens is 220 g/mol. The summed E-state index contributed by atoms with van der Waals surface area (Å²) in [5.41, 5.74) is 0. The third-order valence-corrected chi connectivity index (χ3v) is 2.61. The second-order valence-electron chi connectivity index (χ2n) is 2.81. The minimum atomic E-state index is 0.955. The van der Waals surface area contributed by atoms with E-state index in [1.807, 2.05) is 6.07 Å². The van der Waals surface area contributed by atoms with Crippen molar-refractivity contribution in [3.8, 4) is 0 Å². The first-order valence-corrected chi connectivity index (χ1v) is 4.86. The van der Waals surface area contributed by atoms with Crippen molar-refractivity contribution in [2.45, 2.75) is 0 Å². The van der Waals surface area contributed by atoms with Gasteiger partial charge in [-0.2, -0.15) is 0 Å². The van der Waals surface area contributed by atoms with Crippen molar-refractivity contribution in [2.75, 3.05) is 31.1 Å². The van der Waals surface area contributed by atoms with Crippen molar-refractivity contribution < 1.29 is 4.42 Å². The summed E-state index contributed by atoms with van der Waals surface area (Å²) in [6.45, 7) is 4.11. The lowest BCUT2D eigenvalue weighted by molar-refractivity contribution is 0.506. The maximum absolute atomic E-state index is 5.36. The van der Waals surface area contributed by atoms with Crippen molar-refractivity contribution >= 4 is 21.8 Å². The number of hydrogen-bond acceptors (Lipinski definition) is 3. The lowest BCUT2D eigenvalue weighted by atomic mass is 10.4. The average molecular weight is 231 g/mol. The fraction of sp³-hybridized carbons (Fsp3) is 0.500. The highest BCUT2D eigenvalue weighted by molar-refractivity contribution is 9.10. The molecular formula is C8H11BrN2O. The summed E-state index contributed by atoms with van der Waals surface area (Å²) in [7, 11) is 0. The zero-order valence-electron chi connectivity index (χ0n) is 6.72. The van der Waals surface area contributed by atoms with Gasteiger partial charge in [-0.3, -0.25) is 0 Å². The van der Waals surface area contributed by atoms with Gasteiger partial charge in [0, 0.05) is 26.2 Å². The normalized spacial score (nSPS) is 18.2. The highest BCUT2D eigenvalue weighted by Gasteiger charge is 2.15. The van der Waals surface area contributed by atoms with Gasteiger partial charge in [-0.1, -0.05) is 0 Å². The minimum absolute atomic E-state index is 0.955. The predicted molar refractivity (Wildman–Crippen MR) is 51.5 cm³/mol. The van der Waals surface area contributed by atoms with Crippen LogP contribution in [0.2, 0.25) is 0 Å². The van der Waals surface area contributed by atoms with Gasteiger partial charge in [-0.25, -0.2) is 0 Å². The Morgan fingerprint density at radius 2 is 2.17 bits per heavy atom. The molecule has 1 aliphatic rings. The number of nitrogens with zero attached hydrogens (tertiary/aromatic N) is 1. The summed E-state index contributed by atoms with van der Waals surface area (Å²) in [5.74, 6) is 0.955. The first-order chi connectivity index (χ1) is 5.88. The molecule has 1 aliphatic heterocycles. The Bertz CT molecular complexity index is 255. The maximum atomic E-state index is 5.36. The minimum Gasteiger partial charge on any atom is -0.448 e. The van der Waals surface area contributed by atoms with E-state index in [2.05, 4.69) is 26.1 Å². The fourth-order valence-electron chi connectivity index (χ4n) is 1.38. The number of rotatable bonds is 1. The summed E-state index contributed by atoms with van der Waals surface area (Å²) in [6.07, 6.45) is 1.71. The van der Waals surface area contributed by atoms with Crippen molar-refractivity contribution in [1.29, 1.82) is 0 Å². The summed E-state index contributed by atoms with van der Waals surface area (Å²) in [6, 6.07) is 1.93. The Balaban J connectivity index is 2.13. The van der Waals surface area contributed by atoms with Gasteiger partial charge in [0.25, 0.3) is 0 Å². The first-order valence-electron chi connectivity index (χ1n) is 4.06. The Hall–Kier alpha value is -0.480. The van der Waals surface area contributed by atoms with Crippen LogP contribution in [0.25, 0.3) is 0 Å². The molecule has 1 N–H and O–H groups in total. The summed E-state index contributed by atoms with van der Waals surface area (Å²) in [5, 5.41) is 3.30. The molecule has 0 atom stereocenters. The molecule has 1 saturated heterocycles. The van der Waals surface area contributed by atoms with Gasteiger partial charge >= 0.3 is 0 Å². The highest BCUT2D eigenvalue weighted by Crippen LogP contribution is 2.27. The van der Waals surface area contributed by atoms with Crippen LogP contribution in [0.15, 0.2) is 21.2 Å². The molecule has 12 heavy (non-hydrogen) atoms. The molecule has 66 valence electrons. The van der Waals surface area contributed by atoms with Crippen LogP contribution in [0.5, 0.6) is 0 Å². The van der Waals surface area contributed by atoms with E-state index in [0.29, 0.717) is 0 Å². The van der Waals surface area contributed by atoms with Crippen molar-refractivity contribution in [1.82, 2.24) is 5.32 Å². The molecule has 0 saturated carbocycles. The number of nitrogens with one attached hydrogen (secondary N) is 1. The topological polar surface area (TPSA) is 28.4 Å². The van der Waals surface area contributed by atoms with Crippen LogP contribution in [-0.2, 0) is 0 Å². The van der Waals surface area contributed by atoms with Gasteiger partial charge in [-0.05, 0) is 22.0 Å². The van der Waals surface area contributed by atoms with Gasteiger partial charge < -0.3 is 14.6 Å². The van der Waals surface area contributed by atoms with Gasteiger partial charge in [0.15, 0.2) is 0 Å². The van der Waals surface area contributed by atoms with Gasteiger partial charge in [0.05, 0.1) is 10.7 Å². The number of hydrogen-bond donors (Lipinski definition) is 1. The smallest absolute Gasteiger partial charge is 0.209 e. The lowest BCUT2D eigenvalue weighted by Crippen LogP contribution is -2.43. The van der Waals surface area contributed by atoms with Gasteiger partial charge in [0.1, 0.15) is 0 Å². The number of halogens is 1. The Labute approximate surface area is 79.9 Å². The molecule has 0 amide bonds. The molecule has 4 heteroatoms. The largest absolute Gasteiger partial charge is 0.448 e. The van der Waals surface area contributed by atoms with Crippen LogP contribution in [0.4, 0.5) is 5.88 Å². The predicted octanol–water partition coefficient (Wildman–Crippen LogP) is 1.45. The molecule has 2 rings (SSSR count). The molecule has 0 aromatic carbocycles. The van der Waals surface area contributed by atoms with Crippen LogP contribution >= 0.6 is 15.9 Å². The van der Waals surface area contributed by atoms with E-state index in [1.165, 1.54) is 0 Å². The number of furan rings is 1. The Morgan fingerprint density at radius 3 is 2.75 bits per heavy atom. The van der Waals surface area contributed by atoms with Crippen LogP contribution < -0.4 is 10.2 Å². The van der Waals surface area contributed by atoms with E-state index in [1.54, 1.807) is 6.26 Å². The average Bonchev–Trinajstić information content (AvgIpc) is 2.53. The highest BCUT2D eigenvalue weighted by atomic mass is 79.9. The second-order valence-corrected chi connectivity index (χ2v) is 3.67. The number of piperazine rings is 1. The molecule has 1 aromatic heterocycles. The molecule has 1 fully saturated rings. The van der Waals surface area contributed by atoms with E-state index in [0.717, 1.165) is 36.5 Å². The standard InChI is InChI=1S/C8H11BrN2O/c9-7-1-6-12-8(7)11-4-2-10-3-5-11/h1,6,10H,2-5H2. The first kappa shape index (κ1) is 8.13. The van der Waals surface area contributed by atoms with Crippen LogP contribution in [0.1, 0.15) is 0 Å². The molecule has 3 nitrogen and oxygen atoms in total. The molecule has 0 radical (unpaired) electrons. The summed E-state index contributed by atoms with van der Waals surface area (Å²) < 4.78 is 6.40. The lowest BCUT2D eigenvalue weighted by Gasteiger charge is -2.27. The zero-order chi connectivity index (χ0) is 8.39. The van der Waals surface area contributed by atoms with Crippen molar-refractivity contribution in [3.05, 3.63) is 16.8 Å².